The molecule has 2 rings (SSSR count). The maximum atomic E-state index is 9.46. The van der Waals surface area contributed by atoms with Crippen molar-refractivity contribution in [3.63, 3.8) is 0 Å². The third-order valence-electron chi connectivity index (χ3n) is 3.91. The van der Waals surface area contributed by atoms with Gasteiger partial charge in [0, 0.05) is 24.5 Å². The zero-order valence-electron chi connectivity index (χ0n) is 14.9. The zero-order valence-corrected chi connectivity index (χ0v) is 14.9. The lowest BCUT2D eigenvalue weighted by Gasteiger charge is -2.20. The van der Waals surface area contributed by atoms with Gasteiger partial charge in [-0.2, -0.15) is 15.8 Å². The second-order valence-electron chi connectivity index (χ2n) is 6.09. The minimum atomic E-state index is -0.792. The van der Waals surface area contributed by atoms with Crippen LogP contribution in [0.4, 0.5) is 0 Å². The van der Waals surface area contributed by atoms with Crippen LogP contribution in [0.1, 0.15) is 13.8 Å². The average molecular weight is 342 g/mol. The summed E-state index contributed by atoms with van der Waals surface area (Å²) in [4.78, 5) is 2.00. The number of hydrogen-bond acceptors (Lipinski definition) is 5. The molecule has 0 spiro atoms. The van der Waals surface area contributed by atoms with E-state index < -0.39 is 5.60 Å². The van der Waals surface area contributed by atoms with Gasteiger partial charge in [0.1, 0.15) is 29.4 Å². The van der Waals surface area contributed by atoms with E-state index in [-0.39, 0.29) is 16.9 Å². The summed E-state index contributed by atoms with van der Waals surface area (Å²) in [6, 6.07) is 5.61. The molecule has 0 atom stereocenters. The number of rotatable bonds is 3. The molecule has 2 heterocycles. The summed E-state index contributed by atoms with van der Waals surface area (Å²) >= 11 is 0. The lowest BCUT2D eigenvalue weighted by atomic mass is 9.95. The third kappa shape index (κ3) is 3.83. The molecule has 0 aliphatic carbocycles. The highest BCUT2D eigenvalue weighted by Crippen LogP contribution is 2.40. The summed E-state index contributed by atoms with van der Waals surface area (Å²) in [5, 5.41) is 27.6. The van der Waals surface area contributed by atoms with Crippen LogP contribution < -0.4 is 0 Å². The van der Waals surface area contributed by atoms with Gasteiger partial charge in [0.25, 0.3) is 0 Å². The van der Waals surface area contributed by atoms with Crippen molar-refractivity contribution in [2.45, 2.75) is 19.4 Å². The van der Waals surface area contributed by atoms with E-state index in [4.69, 9.17) is 15.3 Å². The lowest BCUT2D eigenvalue weighted by Crippen LogP contribution is -2.20. The average Bonchev–Trinajstić information content (AvgIpc) is 2.87. The molecule has 0 aromatic heterocycles. The molecule has 0 saturated heterocycles. The van der Waals surface area contributed by atoms with E-state index in [0.717, 1.165) is 5.70 Å². The van der Waals surface area contributed by atoms with Gasteiger partial charge >= 0.3 is 0 Å². The molecule has 0 aromatic rings. The number of nitrogens with zero attached hydrogens (tertiary/aromatic N) is 4. The monoisotopic (exact) mass is 342 g/mol. The zero-order chi connectivity index (χ0) is 19.2. The molecular formula is C21H18N4O. The van der Waals surface area contributed by atoms with Crippen LogP contribution in [0.2, 0.25) is 0 Å². The Kier molecular flexibility index (Phi) is 5.63. The standard InChI is InChI=1S/C21H18N4O/c1-21(2)19(18(15-24)20(26-21)16(13-22)14-23)11-6-4-5-9-17-10-7-8-12-25(17)3/h4-12H,1-3H3/b5-4+,11-6+,17-9-. The molecule has 0 unspecified atom stereocenters. The Morgan fingerprint density at radius 3 is 2.46 bits per heavy atom. The predicted octanol–water partition coefficient (Wildman–Crippen LogP) is 3.93. The van der Waals surface area contributed by atoms with Gasteiger partial charge in [-0.25, -0.2) is 0 Å². The van der Waals surface area contributed by atoms with E-state index in [1.54, 1.807) is 38.1 Å². The minimum Gasteiger partial charge on any atom is -0.480 e. The minimum absolute atomic E-state index is 0.0500. The van der Waals surface area contributed by atoms with Crippen molar-refractivity contribution < 1.29 is 4.74 Å². The Hall–Kier alpha value is -3.75. The first kappa shape index (κ1) is 18.6. The molecule has 2 aliphatic heterocycles. The van der Waals surface area contributed by atoms with E-state index in [0.29, 0.717) is 5.57 Å². The Morgan fingerprint density at radius 2 is 1.85 bits per heavy atom. The largest absolute Gasteiger partial charge is 0.480 e. The van der Waals surface area contributed by atoms with E-state index in [9.17, 15) is 5.26 Å². The highest BCUT2D eigenvalue weighted by atomic mass is 16.5. The molecule has 128 valence electrons. The molecule has 0 bridgehead atoms. The maximum absolute atomic E-state index is 9.46. The molecule has 0 fully saturated rings. The summed E-state index contributed by atoms with van der Waals surface area (Å²) in [5.41, 5.74) is 0.915. The van der Waals surface area contributed by atoms with E-state index >= 15 is 0 Å². The summed E-state index contributed by atoms with van der Waals surface area (Å²) in [7, 11) is 1.97. The van der Waals surface area contributed by atoms with E-state index in [1.807, 2.05) is 54.6 Å². The van der Waals surface area contributed by atoms with Crippen LogP contribution in [-0.2, 0) is 4.74 Å². The number of nitriles is 3. The Bertz CT molecular complexity index is 916. The normalized spacial score (nSPS) is 19.8. The van der Waals surface area contributed by atoms with Crippen LogP contribution in [-0.4, -0.2) is 17.5 Å². The van der Waals surface area contributed by atoms with E-state index in [2.05, 4.69) is 6.07 Å². The van der Waals surface area contributed by atoms with Crippen LogP contribution in [0, 0.1) is 34.0 Å². The lowest BCUT2D eigenvalue weighted by molar-refractivity contribution is 0.0954. The van der Waals surface area contributed by atoms with E-state index in [1.165, 1.54) is 0 Å². The van der Waals surface area contributed by atoms with Crippen molar-refractivity contribution in [2.24, 2.45) is 0 Å². The fourth-order valence-electron chi connectivity index (χ4n) is 2.56. The third-order valence-corrected chi connectivity index (χ3v) is 3.91. The van der Waals surface area contributed by atoms with Crippen LogP contribution in [0.15, 0.2) is 83.0 Å². The van der Waals surface area contributed by atoms with Crippen molar-refractivity contribution in [1.82, 2.24) is 4.90 Å². The van der Waals surface area contributed by atoms with Crippen LogP contribution in [0.3, 0.4) is 0 Å². The van der Waals surface area contributed by atoms with Crippen molar-refractivity contribution >= 4 is 0 Å². The second-order valence-corrected chi connectivity index (χ2v) is 6.09. The SMILES string of the molecule is CN1C=CC=C/C1=C/C=C/C=C/C1=C(C#N)C(=C(C#N)C#N)OC1(C)C. The molecule has 26 heavy (non-hydrogen) atoms. The van der Waals surface area contributed by atoms with Crippen molar-refractivity contribution in [3.8, 4) is 18.2 Å². The number of likely N-dealkylation sites (N-methyl/N-ethyl adjacent to an activating group) is 1. The van der Waals surface area contributed by atoms with Gasteiger partial charge < -0.3 is 9.64 Å². The molecule has 5 heteroatoms. The van der Waals surface area contributed by atoms with Crippen molar-refractivity contribution in [1.29, 1.82) is 15.8 Å². The van der Waals surface area contributed by atoms with Gasteiger partial charge in [0.15, 0.2) is 11.3 Å². The second kappa shape index (κ2) is 7.88. The van der Waals surface area contributed by atoms with Crippen molar-refractivity contribution in [3.05, 3.63) is 83.0 Å². The van der Waals surface area contributed by atoms with Crippen LogP contribution in [0.5, 0.6) is 0 Å². The Morgan fingerprint density at radius 1 is 1.12 bits per heavy atom. The van der Waals surface area contributed by atoms with Gasteiger partial charge in [-0.3, -0.25) is 0 Å². The molecule has 0 amide bonds. The summed E-state index contributed by atoms with van der Waals surface area (Å²) in [5.74, 6) is 0.0500. The molecule has 0 saturated carbocycles. The first-order chi connectivity index (χ1) is 12.4. The summed E-state index contributed by atoms with van der Waals surface area (Å²) in [6.07, 6.45) is 17.2. The Labute approximate surface area is 153 Å². The number of ether oxygens (including phenoxy) is 1. The van der Waals surface area contributed by atoms with Gasteiger partial charge in [-0.15, -0.1) is 0 Å². The molecule has 2 aliphatic rings. The fraction of sp³-hybridized carbons (Fsp3) is 0.190. The first-order valence-corrected chi connectivity index (χ1v) is 7.96. The predicted molar refractivity (Wildman–Crippen MR) is 98.5 cm³/mol. The molecular weight excluding hydrogens is 324 g/mol. The fourth-order valence-corrected chi connectivity index (χ4v) is 2.56. The molecule has 5 nitrogen and oxygen atoms in total. The Balaban J connectivity index is 2.29. The molecule has 0 radical (unpaired) electrons. The van der Waals surface area contributed by atoms with Gasteiger partial charge in [0.05, 0.1) is 0 Å². The highest BCUT2D eigenvalue weighted by Gasteiger charge is 2.38. The number of allylic oxidation sites excluding steroid dienone is 9. The topological polar surface area (TPSA) is 83.8 Å². The maximum Gasteiger partial charge on any atom is 0.172 e. The molecule has 0 N–H and O–H groups in total. The number of hydrogen-bond donors (Lipinski definition) is 0. The first-order valence-electron chi connectivity index (χ1n) is 7.96. The molecule has 0 aromatic carbocycles. The summed E-state index contributed by atoms with van der Waals surface area (Å²) < 4.78 is 5.70. The smallest absolute Gasteiger partial charge is 0.172 e. The highest BCUT2D eigenvalue weighted by molar-refractivity contribution is 5.60. The van der Waals surface area contributed by atoms with Gasteiger partial charge in [0.2, 0.25) is 0 Å². The summed E-state index contributed by atoms with van der Waals surface area (Å²) in [6.45, 7) is 3.59. The quantitative estimate of drug-likeness (QED) is 0.573. The van der Waals surface area contributed by atoms with Crippen LogP contribution in [0.25, 0.3) is 0 Å². The van der Waals surface area contributed by atoms with Gasteiger partial charge in [-0.1, -0.05) is 30.4 Å². The van der Waals surface area contributed by atoms with Gasteiger partial charge in [-0.05, 0) is 32.1 Å². The van der Waals surface area contributed by atoms with Crippen LogP contribution >= 0.6 is 0 Å². The van der Waals surface area contributed by atoms with Crippen molar-refractivity contribution in [2.75, 3.05) is 7.05 Å².